The number of nitrogens with one attached hydrogen (secondary N) is 1. The summed E-state index contributed by atoms with van der Waals surface area (Å²) in [6.45, 7) is 6.96. The van der Waals surface area contributed by atoms with Gasteiger partial charge in [-0.05, 0) is 38.3 Å². The van der Waals surface area contributed by atoms with Crippen molar-refractivity contribution in [3.8, 4) is 0 Å². The molecule has 1 aliphatic rings. The van der Waals surface area contributed by atoms with Crippen LogP contribution in [0, 0.1) is 6.92 Å². The summed E-state index contributed by atoms with van der Waals surface area (Å²) in [7, 11) is 0. The van der Waals surface area contributed by atoms with Crippen molar-refractivity contribution < 1.29 is 4.74 Å². The van der Waals surface area contributed by atoms with Crippen LogP contribution in [0.5, 0.6) is 0 Å². The summed E-state index contributed by atoms with van der Waals surface area (Å²) in [5.41, 5.74) is 2.61. The van der Waals surface area contributed by atoms with Gasteiger partial charge in [0.25, 0.3) is 0 Å². The number of aryl methyl sites for hydroxylation is 1. The minimum Gasteiger partial charge on any atom is -0.381 e. The molecule has 1 fully saturated rings. The van der Waals surface area contributed by atoms with Crippen LogP contribution < -0.4 is 5.32 Å². The van der Waals surface area contributed by atoms with E-state index in [-0.39, 0.29) is 5.54 Å². The Kier molecular flexibility index (Phi) is 3.56. The first-order valence-electron chi connectivity index (χ1n) is 5.93. The number of hydrogen-bond acceptors (Lipinski definition) is 3. The molecule has 0 radical (unpaired) electrons. The predicted octanol–water partition coefficient (Wildman–Crippen LogP) is 2.05. The van der Waals surface area contributed by atoms with Crippen molar-refractivity contribution >= 4 is 0 Å². The lowest BCUT2D eigenvalue weighted by atomic mass is 9.92. The van der Waals surface area contributed by atoms with Gasteiger partial charge >= 0.3 is 0 Å². The zero-order valence-electron chi connectivity index (χ0n) is 10.1. The van der Waals surface area contributed by atoms with Crippen LogP contribution >= 0.6 is 0 Å². The summed E-state index contributed by atoms with van der Waals surface area (Å²) in [4.78, 5) is 4.40. The zero-order valence-corrected chi connectivity index (χ0v) is 10.1. The normalized spacial score (nSPS) is 19.6. The van der Waals surface area contributed by atoms with Gasteiger partial charge in [0.2, 0.25) is 0 Å². The fourth-order valence-corrected chi connectivity index (χ4v) is 2.00. The third-order valence-corrected chi connectivity index (χ3v) is 3.40. The van der Waals surface area contributed by atoms with Crippen LogP contribution in [0.15, 0.2) is 18.3 Å². The van der Waals surface area contributed by atoms with Crippen LogP contribution in [0.2, 0.25) is 0 Å². The summed E-state index contributed by atoms with van der Waals surface area (Å²) >= 11 is 0. The third-order valence-electron chi connectivity index (χ3n) is 3.40. The van der Waals surface area contributed by atoms with Crippen LogP contribution in [0.4, 0.5) is 0 Å². The van der Waals surface area contributed by atoms with Crippen LogP contribution in [0.1, 0.15) is 31.0 Å². The Balaban J connectivity index is 1.94. The first-order valence-corrected chi connectivity index (χ1v) is 5.93. The van der Waals surface area contributed by atoms with Crippen molar-refractivity contribution in [2.24, 2.45) is 0 Å². The Bertz CT molecular complexity index is 346. The second-order valence-corrected chi connectivity index (χ2v) is 4.79. The molecule has 1 aromatic heterocycles. The number of ether oxygens (including phenoxy) is 1. The first-order chi connectivity index (χ1) is 7.70. The molecule has 2 rings (SSSR count). The maximum atomic E-state index is 5.39. The van der Waals surface area contributed by atoms with E-state index in [9.17, 15) is 0 Å². The maximum absolute atomic E-state index is 5.39. The van der Waals surface area contributed by atoms with E-state index in [0.717, 1.165) is 38.3 Å². The minimum atomic E-state index is 0.211. The highest BCUT2D eigenvalue weighted by atomic mass is 16.5. The summed E-state index contributed by atoms with van der Waals surface area (Å²) in [6, 6.07) is 4.09. The highest BCUT2D eigenvalue weighted by Gasteiger charge is 2.26. The molecule has 0 unspecified atom stereocenters. The second kappa shape index (κ2) is 4.93. The van der Waals surface area contributed by atoms with Gasteiger partial charge in [0.1, 0.15) is 0 Å². The summed E-state index contributed by atoms with van der Waals surface area (Å²) in [5, 5.41) is 3.61. The average Bonchev–Trinajstić information content (AvgIpc) is 2.29. The molecule has 1 saturated heterocycles. The van der Waals surface area contributed by atoms with Crippen LogP contribution in [0.25, 0.3) is 0 Å². The van der Waals surface area contributed by atoms with E-state index in [4.69, 9.17) is 4.74 Å². The van der Waals surface area contributed by atoms with E-state index < -0.39 is 0 Å². The molecular formula is C13H20N2O. The van der Waals surface area contributed by atoms with Gasteiger partial charge in [0.15, 0.2) is 0 Å². The molecule has 0 aliphatic carbocycles. The number of pyridine rings is 1. The molecule has 0 bridgehead atoms. The minimum absolute atomic E-state index is 0.211. The van der Waals surface area contributed by atoms with E-state index in [1.165, 1.54) is 5.56 Å². The molecule has 3 heteroatoms. The lowest BCUT2D eigenvalue weighted by molar-refractivity contribution is 0.0445. The van der Waals surface area contributed by atoms with Gasteiger partial charge in [0, 0.05) is 31.5 Å². The molecule has 2 heterocycles. The summed E-state index contributed by atoms with van der Waals surface area (Å²) < 4.78 is 5.39. The van der Waals surface area contributed by atoms with E-state index in [1.54, 1.807) is 0 Å². The Morgan fingerprint density at radius 2 is 2.19 bits per heavy atom. The Labute approximate surface area is 97.2 Å². The van der Waals surface area contributed by atoms with Crippen molar-refractivity contribution in [1.82, 2.24) is 10.3 Å². The maximum Gasteiger partial charge on any atom is 0.0570 e. The highest BCUT2D eigenvalue weighted by Crippen LogP contribution is 2.20. The lowest BCUT2D eigenvalue weighted by Crippen LogP contribution is -2.46. The molecule has 1 N–H and O–H groups in total. The molecule has 0 spiro atoms. The van der Waals surface area contributed by atoms with Gasteiger partial charge in [-0.15, -0.1) is 0 Å². The van der Waals surface area contributed by atoms with Gasteiger partial charge in [-0.3, -0.25) is 4.98 Å². The molecule has 88 valence electrons. The van der Waals surface area contributed by atoms with Crippen molar-refractivity contribution in [3.05, 3.63) is 29.6 Å². The Morgan fingerprint density at radius 1 is 1.44 bits per heavy atom. The van der Waals surface area contributed by atoms with E-state index in [0.29, 0.717) is 0 Å². The highest BCUT2D eigenvalue weighted by molar-refractivity contribution is 5.17. The molecule has 0 saturated carbocycles. The van der Waals surface area contributed by atoms with Gasteiger partial charge < -0.3 is 10.1 Å². The SMILES string of the molecule is Cc1cccnc1CNC1(C)CCOCC1. The fourth-order valence-electron chi connectivity index (χ4n) is 2.00. The molecule has 0 amide bonds. The molecule has 0 atom stereocenters. The summed E-state index contributed by atoms with van der Waals surface area (Å²) in [5.74, 6) is 0. The zero-order chi connectivity index (χ0) is 11.4. The average molecular weight is 220 g/mol. The van der Waals surface area contributed by atoms with Crippen molar-refractivity contribution in [2.45, 2.75) is 38.8 Å². The molecule has 0 aromatic carbocycles. The topological polar surface area (TPSA) is 34.2 Å². The Hall–Kier alpha value is -0.930. The van der Waals surface area contributed by atoms with E-state index >= 15 is 0 Å². The Morgan fingerprint density at radius 3 is 2.88 bits per heavy atom. The molecule has 16 heavy (non-hydrogen) atoms. The van der Waals surface area contributed by atoms with Crippen LogP contribution in [-0.4, -0.2) is 23.7 Å². The molecule has 3 nitrogen and oxygen atoms in total. The predicted molar refractivity (Wildman–Crippen MR) is 64.3 cm³/mol. The summed E-state index contributed by atoms with van der Waals surface area (Å²) in [6.07, 6.45) is 4.02. The molecule has 1 aromatic rings. The van der Waals surface area contributed by atoms with Gasteiger partial charge in [-0.25, -0.2) is 0 Å². The largest absolute Gasteiger partial charge is 0.381 e. The van der Waals surface area contributed by atoms with Gasteiger partial charge in [-0.2, -0.15) is 0 Å². The number of rotatable bonds is 3. The lowest BCUT2D eigenvalue weighted by Gasteiger charge is -2.34. The van der Waals surface area contributed by atoms with E-state index in [1.807, 2.05) is 12.3 Å². The number of aromatic nitrogens is 1. The number of nitrogens with zero attached hydrogens (tertiary/aromatic N) is 1. The van der Waals surface area contributed by atoms with Crippen LogP contribution in [-0.2, 0) is 11.3 Å². The standard InChI is InChI=1S/C13H20N2O/c1-11-4-3-7-14-12(11)10-15-13(2)5-8-16-9-6-13/h3-4,7,15H,5-6,8-10H2,1-2H3. The molecular weight excluding hydrogens is 200 g/mol. The quantitative estimate of drug-likeness (QED) is 0.846. The first kappa shape index (κ1) is 11.6. The van der Waals surface area contributed by atoms with Crippen LogP contribution in [0.3, 0.4) is 0 Å². The molecule has 1 aliphatic heterocycles. The number of hydrogen-bond donors (Lipinski definition) is 1. The smallest absolute Gasteiger partial charge is 0.0570 e. The van der Waals surface area contributed by atoms with Crippen molar-refractivity contribution in [1.29, 1.82) is 0 Å². The van der Waals surface area contributed by atoms with Crippen molar-refractivity contribution in [2.75, 3.05) is 13.2 Å². The van der Waals surface area contributed by atoms with Gasteiger partial charge in [0.05, 0.1) is 5.69 Å². The van der Waals surface area contributed by atoms with Crippen molar-refractivity contribution in [3.63, 3.8) is 0 Å². The third kappa shape index (κ3) is 2.80. The monoisotopic (exact) mass is 220 g/mol. The fraction of sp³-hybridized carbons (Fsp3) is 0.615. The van der Waals surface area contributed by atoms with Gasteiger partial charge in [-0.1, -0.05) is 6.07 Å². The van der Waals surface area contributed by atoms with E-state index in [2.05, 4.69) is 30.2 Å². The second-order valence-electron chi connectivity index (χ2n) is 4.79.